The number of carbonyl (C=O) groups is 2. The number of nitrogens with one attached hydrogen (secondary N) is 2. The normalized spacial score (nSPS) is 28.2. The van der Waals surface area contributed by atoms with E-state index in [1.807, 2.05) is 0 Å². The summed E-state index contributed by atoms with van der Waals surface area (Å²) >= 11 is 0. The average molecular weight is 285 g/mol. The van der Waals surface area contributed by atoms with Crippen molar-refractivity contribution in [1.29, 1.82) is 0 Å². The van der Waals surface area contributed by atoms with Crippen LogP contribution in [0.1, 0.15) is 19.8 Å². The summed E-state index contributed by atoms with van der Waals surface area (Å²) in [6.07, 6.45) is 2.44. The zero-order chi connectivity index (χ0) is 14.5. The molecule has 2 aliphatic heterocycles. The highest BCUT2D eigenvalue weighted by Gasteiger charge is 2.35. The van der Waals surface area contributed by atoms with Crippen LogP contribution < -0.4 is 10.6 Å². The Bertz CT molecular complexity index is 358. The lowest BCUT2D eigenvalue weighted by atomic mass is 10.0. The Morgan fingerprint density at radius 3 is 2.70 bits per heavy atom. The van der Waals surface area contributed by atoms with E-state index in [0.717, 1.165) is 13.1 Å². The van der Waals surface area contributed by atoms with Gasteiger partial charge in [0, 0.05) is 12.6 Å². The molecule has 3 N–H and O–H groups in total. The summed E-state index contributed by atoms with van der Waals surface area (Å²) < 4.78 is 5.11. The molecule has 2 rings (SSSR count). The highest BCUT2D eigenvalue weighted by Crippen LogP contribution is 2.14. The molecule has 0 saturated carbocycles. The van der Waals surface area contributed by atoms with E-state index in [9.17, 15) is 9.59 Å². The van der Waals surface area contributed by atoms with Gasteiger partial charge >= 0.3 is 12.0 Å². The van der Waals surface area contributed by atoms with Gasteiger partial charge < -0.3 is 20.5 Å². The van der Waals surface area contributed by atoms with Crippen LogP contribution in [0.3, 0.4) is 0 Å². The Morgan fingerprint density at radius 1 is 1.35 bits per heavy atom. The lowest BCUT2D eigenvalue weighted by Gasteiger charge is -2.24. The number of likely N-dealkylation sites (tertiary alicyclic amines) is 1. The maximum Gasteiger partial charge on any atom is 0.315 e. The summed E-state index contributed by atoms with van der Waals surface area (Å²) in [5, 5.41) is 14.5. The SMILES string of the molecule is CC(CNC(=O)NC1COCC1C(=O)O)N1CCCC1. The third kappa shape index (κ3) is 3.83. The maximum absolute atomic E-state index is 11.8. The molecule has 0 bridgehead atoms. The summed E-state index contributed by atoms with van der Waals surface area (Å²) in [5.41, 5.74) is 0. The van der Waals surface area contributed by atoms with E-state index in [1.165, 1.54) is 12.8 Å². The number of aliphatic carboxylic acids is 1. The number of carboxylic acids is 1. The molecule has 7 heteroatoms. The van der Waals surface area contributed by atoms with Gasteiger partial charge in [-0.25, -0.2) is 4.79 Å². The lowest BCUT2D eigenvalue weighted by Crippen LogP contribution is -2.50. The van der Waals surface area contributed by atoms with Crippen LogP contribution in [0, 0.1) is 5.92 Å². The number of urea groups is 1. The fourth-order valence-corrected chi connectivity index (χ4v) is 2.71. The first-order chi connectivity index (χ1) is 9.58. The number of rotatable bonds is 5. The van der Waals surface area contributed by atoms with Crippen molar-refractivity contribution >= 4 is 12.0 Å². The van der Waals surface area contributed by atoms with Crippen molar-refractivity contribution in [3.8, 4) is 0 Å². The Kier molecular flexibility index (Phi) is 5.19. The highest BCUT2D eigenvalue weighted by molar-refractivity contribution is 5.77. The zero-order valence-electron chi connectivity index (χ0n) is 11.8. The Hall–Kier alpha value is -1.34. The van der Waals surface area contributed by atoms with Crippen LogP contribution in [-0.4, -0.2) is 66.9 Å². The minimum atomic E-state index is -0.932. The zero-order valence-corrected chi connectivity index (χ0v) is 11.8. The standard InChI is InChI=1S/C13H23N3O4/c1-9(16-4-2-3-5-16)6-14-13(19)15-11-8-20-7-10(11)12(17)18/h9-11H,2-8H2,1H3,(H,17,18)(H2,14,15,19). The van der Waals surface area contributed by atoms with Gasteiger partial charge in [0.05, 0.1) is 19.3 Å². The summed E-state index contributed by atoms with van der Waals surface area (Å²) in [5.74, 6) is -1.59. The molecule has 2 fully saturated rings. The molecule has 0 aliphatic carbocycles. The fourth-order valence-electron chi connectivity index (χ4n) is 2.71. The third-order valence-corrected chi connectivity index (χ3v) is 4.04. The molecular formula is C13H23N3O4. The van der Waals surface area contributed by atoms with Gasteiger partial charge in [-0.05, 0) is 32.9 Å². The van der Waals surface area contributed by atoms with Crippen LogP contribution in [0.4, 0.5) is 4.79 Å². The second kappa shape index (κ2) is 6.90. The molecule has 0 aromatic heterocycles. The molecule has 2 aliphatic rings. The van der Waals surface area contributed by atoms with Crippen LogP contribution in [0.2, 0.25) is 0 Å². The number of hydrogen-bond acceptors (Lipinski definition) is 4. The summed E-state index contributed by atoms with van der Waals surface area (Å²) in [7, 11) is 0. The van der Waals surface area contributed by atoms with Gasteiger partial charge in [0.2, 0.25) is 0 Å². The van der Waals surface area contributed by atoms with Crippen molar-refractivity contribution in [3.63, 3.8) is 0 Å². The molecule has 114 valence electrons. The predicted molar refractivity (Wildman–Crippen MR) is 72.5 cm³/mol. The molecule has 3 atom stereocenters. The second-order valence-electron chi connectivity index (χ2n) is 5.54. The van der Waals surface area contributed by atoms with Gasteiger partial charge in [-0.15, -0.1) is 0 Å². The quantitative estimate of drug-likeness (QED) is 0.654. The molecule has 2 heterocycles. The molecule has 20 heavy (non-hydrogen) atoms. The van der Waals surface area contributed by atoms with Gasteiger partial charge in [0.25, 0.3) is 0 Å². The number of nitrogens with zero attached hydrogens (tertiary/aromatic N) is 1. The molecule has 0 aromatic rings. The van der Waals surface area contributed by atoms with Gasteiger partial charge in [0.15, 0.2) is 0 Å². The van der Waals surface area contributed by atoms with Crippen LogP contribution in [0.15, 0.2) is 0 Å². The average Bonchev–Trinajstić information content (AvgIpc) is 3.06. The first kappa shape index (κ1) is 15.1. The van der Waals surface area contributed by atoms with Crippen molar-refractivity contribution in [2.45, 2.75) is 31.8 Å². The summed E-state index contributed by atoms with van der Waals surface area (Å²) in [4.78, 5) is 25.1. The van der Waals surface area contributed by atoms with E-state index < -0.39 is 17.9 Å². The third-order valence-electron chi connectivity index (χ3n) is 4.04. The van der Waals surface area contributed by atoms with Crippen molar-refractivity contribution in [2.24, 2.45) is 5.92 Å². The number of carboxylic acid groups (broad SMARTS) is 1. The predicted octanol–water partition coefficient (Wildman–Crippen LogP) is -0.130. The van der Waals surface area contributed by atoms with E-state index in [4.69, 9.17) is 9.84 Å². The summed E-state index contributed by atoms with van der Waals surface area (Å²) in [6.45, 7) is 5.24. The lowest BCUT2D eigenvalue weighted by molar-refractivity contribution is -0.142. The van der Waals surface area contributed by atoms with Gasteiger partial charge in [0.1, 0.15) is 5.92 Å². The van der Waals surface area contributed by atoms with Gasteiger partial charge in [-0.1, -0.05) is 0 Å². The molecule has 7 nitrogen and oxygen atoms in total. The van der Waals surface area contributed by atoms with E-state index in [1.54, 1.807) is 0 Å². The van der Waals surface area contributed by atoms with Crippen LogP contribution in [-0.2, 0) is 9.53 Å². The van der Waals surface area contributed by atoms with E-state index >= 15 is 0 Å². The van der Waals surface area contributed by atoms with E-state index in [2.05, 4.69) is 22.5 Å². The number of hydrogen-bond donors (Lipinski definition) is 3. The minimum absolute atomic E-state index is 0.157. The topological polar surface area (TPSA) is 90.9 Å². The number of amides is 2. The van der Waals surface area contributed by atoms with Crippen LogP contribution in [0.5, 0.6) is 0 Å². The van der Waals surface area contributed by atoms with Gasteiger partial charge in [-0.3, -0.25) is 9.69 Å². The van der Waals surface area contributed by atoms with Crippen molar-refractivity contribution in [2.75, 3.05) is 32.8 Å². The molecule has 0 radical (unpaired) electrons. The van der Waals surface area contributed by atoms with Crippen molar-refractivity contribution in [1.82, 2.24) is 15.5 Å². The van der Waals surface area contributed by atoms with Crippen LogP contribution >= 0.6 is 0 Å². The molecule has 2 saturated heterocycles. The van der Waals surface area contributed by atoms with E-state index in [0.29, 0.717) is 12.6 Å². The van der Waals surface area contributed by atoms with Crippen molar-refractivity contribution in [3.05, 3.63) is 0 Å². The fraction of sp³-hybridized carbons (Fsp3) is 0.846. The molecule has 0 aromatic carbocycles. The van der Waals surface area contributed by atoms with Crippen LogP contribution in [0.25, 0.3) is 0 Å². The molecule has 2 amide bonds. The smallest absolute Gasteiger partial charge is 0.315 e. The maximum atomic E-state index is 11.8. The molecule has 0 spiro atoms. The summed E-state index contributed by atoms with van der Waals surface area (Å²) in [6, 6.07) is -0.467. The highest BCUT2D eigenvalue weighted by atomic mass is 16.5. The number of ether oxygens (including phenoxy) is 1. The molecule has 3 unspecified atom stereocenters. The largest absolute Gasteiger partial charge is 0.481 e. The van der Waals surface area contributed by atoms with Crippen molar-refractivity contribution < 1.29 is 19.4 Å². The Balaban J connectivity index is 1.70. The van der Waals surface area contributed by atoms with E-state index in [-0.39, 0.29) is 19.2 Å². The molecular weight excluding hydrogens is 262 g/mol. The van der Waals surface area contributed by atoms with Gasteiger partial charge in [-0.2, -0.15) is 0 Å². The first-order valence-electron chi connectivity index (χ1n) is 7.17. The Labute approximate surface area is 118 Å². The monoisotopic (exact) mass is 285 g/mol. The minimum Gasteiger partial charge on any atom is -0.481 e. The second-order valence-corrected chi connectivity index (χ2v) is 5.54. The Morgan fingerprint density at radius 2 is 2.05 bits per heavy atom. The first-order valence-corrected chi connectivity index (χ1v) is 7.17. The number of carbonyl (C=O) groups excluding carboxylic acids is 1.